The van der Waals surface area contributed by atoms with Crippen LogP contribution in [0.1, 0.15) is 76.2 Å². The maximum Gasteiger partial charge on any atom is 0.269 e. The van der Waals surface area contributed by atoms with E-state index in [2.05, 4.69) is 0 Å². The first-order valence-electron chi connectivity index (χ1n) is 9.08. The molecule has 1 rings (SSSR count). The van der Waals surface area contributed by atoms with Gasteiger partial charge in [-0.3, -0.25) is 10.1 Å². The number of aliphatic hydroxyl groups excluding tert-OH is 1. The fourth-order valence-electron chi connectivity index (χ4n) is 2.82. The summed E-state index contributed by atoms with van der Waals surface area (Å²) in [6.45, 7) is 0.333. The highest BCUT2D eigenvalue weighted by molar-refractivity contribution is 5.32. The van der Waals surface area contributed by atoms with Crippen molar-refractivity contribution in [3.63, 3.8) is 0 Å². The number of nitro benzene ring substituents is 1. The molecular weight excluding hydrogens is 290 g/mol. The molecule has 0 aliphatic rings. The summed E-state index contributed by atoms with van der Waals surface area (Å²) in [4.78, 5) is 10.2. The number of aryl methyl sites for hydroxylation is 1. The Morgan fingerprint density at radius 1 is 0.739 bits per heavy atom. The van der Waals surface area contributed by atoms with E-state index in [1.54, 1.807) is 12.1 Å². The van der Waals surface area contributed by atoms with Crippen LogP contribution in [0, 0.1) is 10.1 Å². The van der Waals surface area contributed by atoms with E-state index >= 15 is 0 Å². The van der Waals surface area contributed by atoms with Gasteiger partial charge in [0.25, 0.3) is 5.69 Å². The van der Waals surface area contributed by atoms with E-state index < -0.39 is 0 Å². The molecule has 0 saturated heterocycles. The molecule has 130 valence electrons. The third kappa shape index (κ3) is 10.1. The number of rotatable bonds is 14. The Morgan fingerprint density at radius 2 is 1.17 bits per heavy atom. The van der Waals surface area contributed by atoms with Gasteiger partial charge in [-0.05, 0) is 24.8 Å². The predicted molar refractivity (Wildman–Crippen MR) is 94.7 cm³/mol. The molecule has 23 heavy (non-hydrogen) atoms. The standard InChI is InChI=1S/C19H31NO3/c21-17-11-9-7-5-3-1-2-4-6-8-10-12-18-13-15-19(16-14-18)20(22)23/h13-16,21H,1-12,17H2. The van der Waals surface area contributed by atoms with E-state index in [0.717, 1.165) is 12.8 Å². The number of nitro groups is 1. The molecular formula is C19H31NO3. The van der Waals surface area contributed by atoms with Crippen molar-refractivity contribution in [2.45, 2.75) is 77.0 Å². The molecule has 0 aliphatic carbocycles. The zero-order valence-electron chi connectivity index (χ0n) is 14.2. The highest BCUT2D eigenvalue weighted by Gasteiger charge is 2.03. The van der Waals surface area contributed by atoms with Crippen LogP contribution in [0.25, 0.3) is 0 Å². The minimum absolute atomic E-state index is 0.171. The van der Waals surface area contributed by atoms with Crippen molar-refractivity contribution < 1.29 is 10.0 Å². The molecule has 1 aromatic rings. The second kappa shape index (κ2) is 13.1. The van der Waals surface area contributed by atoms with Crippen molar-refractivity contribution in [2.75, 3.05) is 6.61 Å². The molecule has 0 saturated carbocycles. The summed E-state index contributed by atoms with van der Waals surface area (Å²) in [5, 5.41) is 19.3. The second-order valence-electron chi connectivity index (χ2n) is 6.29. The van der Waals surface area contributed by atoms with Gasteiger partial charge in [0.2, 0.25) is 0 Å². The summed E-state index contributed by atoms with van der Waals surface area (Å²) in [7, 11) is 0. The zero-order chi connectivity index (χ0) is 16.8. The van der Waals surface area contributed by atoms with Crippen LogP contribution in [-0.4, -0.2) is 16.6 Å². The lowest BCUT2D eigenvalue weighted by Crippen LogP contribution is -1.90. The average Bonchev–Trinajstić information content (AvgIpc) is 2.56. The number of unbranched alkanes of at least 4 members (excludes halogenated alkanes) is 10. The van der Waals surface area contributed by atoms with Crippen molar-refractivity contribution >= 4 is 5.69 Å². The largest absolute Gasteiger partial charge is 0.396 e. The Balaban J connectivity index is 1.90. The summed E-state index contributed by atoms with van der Waals surface area (Å²) < 4.78 is 0. The molecule has 0 atom stereocenters. The Bertz CT molecular complexity index is 417. The number of nitrogens with zero attached hydrogens (tertiary/aromatic N) is 1. The van der Waals surface area contributed by atoms with Gasteiger partial charge in [-0.25, -0.2) is 0 Å². The molecule has 4 heteroatoms. The third-order valence-corrected chi connectivity index (χ3v) is 4.27. The third-order valence-electron chi connectivity index (χ3n) is 4.27. The molecule has 0 aromatic heterocycles. The molecule has 0 amide bonds. The van der Waals surface area contributed by atoms with Crippen LogP contribution in [0.5, 0.6) is 0 Å². The van der Waals surface area contributed by atoms with Crippen LogP contribution in [-0.2, 0) is 6.42 Å². The molecule has 0 aliphatic heterocycles. The van der Waals surface area contributed by atoms with E-state index in [4.69, 9.17) is 5.11 Å². The summed E-state index contributed by atoms with van der Waals surface area (Å²) >= 11 is 0. The van der Waals surface area contributed by atoms with Crippen LogP contribution in [0.15, 0.2) is 24.3 Å². The van der Waals surface area contributed by atoms with Crippen molar-refractivity contribution in [3.05, 3.63) is 39.9 Å². The van der Waals surface area contributed by atoms with Crippen LogP contribution < -0.4 is 0 Å². The van der Waals surface area contributed by atoms with Gasteiger partial charge in [-0.2, -0.15) is 0 Å². The van der Waals surface area contributed by atoms with Gasteiger partial charge in [0, 0.05) is 18.7 Å². The number of non-ortho nitro benzene ring substituents is 1. The summed E-state index contributed by atoms with van der Waals surface area (Å²) in [6, 6.07) is 6.93. The Morgan fingerprint density at radius 3 is 1.61 bits per heavy atom. The van der Waals surface area contributed by atoms with Gasteiger partial charge in [-0.1, -0.05) is 69.9 Å². The maximum atomic E-state index is 10.6. The van der Waals surface area contributed by atoms with Gasteiger partial charge in [0.15, 0.2) is 0 Å². The molecule has 1 aromatic carbocycles. The first kappa shape index (κ1) is 19.6. The molecule has 0 heterocycles. The Labute approximate surface area is 140 Å². The first-order chi connectivity index (χ1) is 11.2. The van der Waals surface area contributed by atoms with Crippen LogP contribution in [0.4, 0.5) is 5.69 Å². The topological polar surface area (TPSA) is 63.4 Å². The number of hydrogen-bond acceptors (Lipinski definition) is 3. The van der Waals surface area contributed by atoms with E-state index in [0.29, 0.717) is 6.61 Å². The van der Waals surface area contributed by atoms with Gasteiger partial charge < -0.3 is 5.11 Å². The van der Waals surface area contributed by atoms with Crippen LogP contribution in [0.3, 0.4) is 0 Å². The van der Waals surface area contributed by atoms with Gasteiger partial charge in [0.1, 0.15) is 0 Å². The molecule has 1 N–H and O–H groups in total. The molecule has 0 spiro atoms. The van der Waals surface area contributed by atoms with E-state index in [-0.39, 0.29) is 10.6 Å². The van der Waals surface area contributed by atoms with Crippen LogP contribution >= 0.6 is 0 Å². The quantitative estimate of drug-likeness (QED) is 0.283. The zero-order valence-corrected chi connectivity index (χ0v) is 14.2. The summed E-state index contributed by atoms with van der Waals surface area (Å²) in [5.41, 5.74) is 1.36. The lowest BCUT2D eigenvalue weighted by molar-refractivity contribution is -0.384. The first-order valence-corrected chi connectivity index (χ1v) is 9.08. The highest BCUT2D eigenvalue weighted by Crippen LogP contribution is 2.15. The fourth-order valence-corrected chi connectivity index (χ4v) is 2.82. The normalized spacial score (nSPS) is 10.8. The van der Waals surface area contributed by atoms with E-state index in [9.17, 15) is 10.1 Å². The minimum atomic E-state index is -0.351. The van der Waals surface area contributed by atoms with E-state index in [1.165, 1.54) is 69.8 Å². The van der Waals surface area contributed by atoms with Crippen molar-refractivity contribution in [2.24, 2.45) is 0 Å². The molecule has 0 bridgehead atoms. The Kier molecular flexibility index (Phi) is 11.1. The van der Waals surface area contributed by atoms with E-state index in [1.807, 2.05) is 12.1 Å². The number of aliphatic hydroxyl groups is 1. The predicted octanol–water partition coefficient (Wildman–Crippen LogP) is 5.42. The molecule has 4 nitrogen and oxygen atoms in total. The maximum absolute atomic E-state index is 10.6. The smallest absolute Gasteiger partial charge is 0.269 e. The minimum Gasteiger partial charge on any atom is -0.396 e. The second-order valence-corrected chi connectivity index (χ2v) is 6.29. The van der Waals surface area contributed by atoms with Gasteiger partial charge in [0.05, 0.1) is 4.92 Å². The van der Waals surface area contributed by atoms with Crippen molar-refractivity contribution in [1.29, 1.82) is 0 Å². The fraction of sp³-hybridized carbons (Fsp3) is 0.684. The Hall–Kier alpha value is -1.42. The monoisotopic (exact) mass is 321 g/mol. The summed E-state index contributed by atoms with van der Waals surface area (Å²) in [5.74, 6) is 0. The summed E-state index contributed by atoms with van der Waals surface area (Å²) in [6.07, 6.45) is 14.7. The van der Waals surface area contributed by atoms with Crippen LogP contribution in [0.2, 0.25) is 0 Å². The van der Waals surface area contributed by atoms with Gasteiger partial charge in [-0.15, -0.1) is 0 Å². The van der Waals surface area contributed by atoms with Gasteiger partial charge >= 0.3 is 0 Å². The number of hydrogen-bond donors (Lipinski definition) is 1. The lowest BCUT2D eigenvalue weighted by Gasteiger charge is -2.03. The molecule has 0 unspecified atom stereocenters. The lowest BCUT2D eigenvalue weighted by atomic mass is 10.0. The van der Waals surface area contributed by atoms with Crippen molar-refractivity contribution in [1.82, 2.24) is 0 Å². The number of benzene rings is 1. The average molecular weight is 321 g/mol. The molecule has 0 radical (unpaired) electrons. The highest BCUT2D eigenvalue weighted by atomic mass is 16.6. The molecule has 0 fully saturated rings. The SMILES string of the molecule is O=[N+]([O-])c1ccc(CCCCCCCCCCCCCO)cc1. The van der Waals surface area contributed by atoms with Crippen molar-refractivity contribution in [3.8, 4) is 0 Å².